The van der Waals surface area contributed by atoms with Gasteiger partial charge in [0, 0.05) is 29.1 Å². The maximum Gasteiger partial charge on any atom is 0.387 e. The van der Waals surface area contributed by atoms with Crippen molar-refractivity contribution in [1.29, 1.82) is 0 Å². The number of halogens is 2. The summed E-state index contributed by atoms with van der Waals surface area (Å²) in [4.78, 5) is 4.39. The summed E-state index contributed by atoms with van der Waals surface area (Å²) in [7, 11) is -3.20. The molecule has 1 N–H and O–H groups in total. The number of pyridine rings is 1. The Balaban J connectivity index is 2.00. The van der Waals surface area contributed by atoms with Crippen LogP contribution in [0.1, 0.15) is 25.5 Å². The van der Waals surface area contributed by atoms with E-state index in [1.807, 2.05) is 13.8 Å². The first kappa shape index (κ1) is 17.8. The first-order valence-corrected chi connectivity index (χ1v) is 9.84. The van der Waals surface area contributed by atoms with Gasteiger partial charge in [-0.25, -0.2) is 8.42 Å². The van der Waals surface area contributed by atoms with Crippen molar-refractivity contribution in [2.24, 2.45) is 0 Å². The highest BCUT2D eigenvalue weighted by Crippen LogP contribution is 2.47. The smallest absolute Gasteiger partial charge is 0.387 e. The topological polar surface area (TPSA) is 68.3 Å². The van der Waals surface area contributed by atoms with Crippen LogP contribution in [0.5, 0.6) is 5.75 Å². The van der Waals surface area contributed by atoms with Crippen LogP contribution in [-0.2, 0) is 9.84 Å². The summed E-state index contributed by atoms with van der Waals surface area (Å²) in [6, 6.07) is 6.01. The average Bonchev–Trinajstić information content (AvgIpc) is 3.28. The molecule has 0 aliphatic heterocycles. The van der Waals surface area contributed by atoms with Crippen molar-refractivity contribution in [1.82, 2.24) is 4.98 Å². The molecule has 1 heterocycles. The lowest BCUT2D eigenvalue weighted by Crippen LogP contribution is -2.39. The van der Waals surface area contributed by atoms with Crippen molar-refractivity contribution in [3.8, 4) is 5.75 Å². The van der Waals surface area contributed by atoms with Crippen LogP contribution in [0.3, 0.4) is 0 Å². The van der Waals surface area contributed by atoms with Crippen molar-refractivity contribution >= 4 is 26.4 Å². The third-order valence-electron chi connectivity index (χ3n) is 4.78. The van der Waals surface area contributed by atoms with E-state index in [4.69, 9.17) is 0 Å². The molecule has 0 unspecified atom stereocenters. The van der Waals surface area contributed by atoms with Gasteiger partial charge in [0.15, 0.2) is 9.84 Å². The van der Waals surface area contributed by atoms with Gasteiger partial charge >= 0.3 is 6.61 Å². The lowest BCUT2D eigenvalue weighted by Gasteiger charge is -2.25. The highest BCUT2D eigenvalue weighted by Gasteiger charge is 2.56. The molecule has 0 spiro atoms. The molecule has 1 saturated carbocycles. The molecule has 0 radical (unpaired) electrons. The van der Waals surface area contributed by atoms with Crippen molar-refractivity contribution in [3.05, 3.63) is 30.0 Å². The fourth-order valence-corrected chi connectivity index (χ4v) is 4.79. The number of rotatable bonds is 6. The Morgan fingerprint density at radius 3 is 2.52 bits per heavy atom. The van der Waals surface area contributed by atoms with Crippen LogP contribution < -0.4 is 10.1 Å². The molecule has 25 heavy (non-hydrogen) atoms. The number of nitrogens with one attached hydrogen (secondary N) is 1. The third kappa shape index (κ3) is 3.40. The number of benzene rings is 1. The van der Waals surface area contributed by atoms with Gasteiger partial charge in [-0.15, -0.1) is 0 Å². The van der Waals surface area contributed by atoms with Gasteiger partial charge in [-0.1, -0.05) is 0 Å². The Morgan fingerprint density at radius 1 is 1.28 bits per heavy atom. The maximum absolute atomic E-state index is 12.5. The quantitative estimate of drug-likeness (QED) is 0.843. The number of hydrogen-bond acceptors (Lipinski definition) is 5. The molecule has 8 heteroatoms. The minimum atomic E-state index is -3.20. The van der Waals surface area contributed by atoms with Gasteiger partial charge in [-0.2, -0.15) is 8.78 Å². The predicted octanol–water partition coefficient (Wildman–Crippen LogP) is 3.52. The first-order chi connectivity index (χ1) is 11.6. The van der Waals surface area contributed by atoms with Crippen LogP contribution in [0.2, 0.25) is 0 Å². The van der Waals surface area contributed by atoms with E-state index in [0.29, 0.717) is 29.4 Å². The Hall–Kier alpha value is -1.96. The van der Waals surface area contributed by atoms with Gasteiger partial charge in [-0.05, 0) is 51.0 Å². The first-order valence-electron chi connectivity index (χ1n) is 7.95. The molecule has 1 aliphatic rings. The van der Waals surface area contributed by atoms with Gasteiger partial charge < -0.3 is 10.1 Å². The Bertz CT molecular complexity index is 911. The number of sulfone groups is 1. The predicted molar refractivity (Wildman–Crippen MR) is 93.0 cm³/mol. The monoisotopic (exact) mass is 370 g/mol. The molecular formula is C17H20F2N2O3S. The second kappa shape index (κ2) is 6.09. The molecule has 1 atom stereocenters. The molecule has 1 aromatic heterocycles. The largest absolute Gasteiger partial charge is 0.435 e. The molecule has 1 aromatic carbocycles. The Kier molecular flexibility index (Phi) is 4.35. The van der Waals surface area contributed by atoms with Crippen molar-refractivity contribution in [3.63, 3.8) is 0 Å². The number of aromatic nitrogens is 1. The fourth-order valence-electron chi connectivity index (χ4n) is 3.25. The van der Waals surface area contributed by atoms with Crippen LogP contribution in [0.25, 0.3) is 10.9 Å². The van der Waals surface area contributed by atoms with Crippen LogP contribution in [0.15, 0.2) is 24.3 Å². The molecule has 0 amide bonds. The standard InChI is InChI=1S/C17H20F2N2O3S/c1-10-8-15(21-11(2)17(6-7-17)25(3,22)23)13-9-12(24-16(18)19)4-5-14(13)20-10/h4-5,8-9,11,16H,6-7H2,1-3H3,(H,20,21)/t11-/m0/s1. The lowest BCUT2D eigenvalue weighted by molar-refractivity contribution is -0.0497. The molecule has 0 bridgehead atoms. The Labute approximate surface area is 145 Å². The number of anilines is 1. The summed E-state index contributed by atoms with van der Waals surface area (Å²) >= 11 is 0. The molecule has 136 valence electrons. The number of aryl methyl sites for hydroxylation is 1. The number of ether oxygens (including phenoxy) is 1. The summed E-state index contributed by atoms with van der Waals surface area (Å²) in [6.07, 6.45) is 2.48. The molecular weight excluding hydrogens is 350 g/mol. The molecule has 1 fully saturated rings. The average molecular weight is 370 g/mol. The van der Waals surface area contributed by atoms with Crippen molar-refractivity contribution in [2.75, 3.05) is 11.6 Å². The normalized spacial score (nSPS) is 17.5. The lowest BCUT2D eigenvalue weighted by atomic mass is 10.1. The van der Waals surface area contributed by atoms with Crippen LogP contribution in [-0.4, -0.2) is 37.1 Å². The van der Waals surface area contributed by atoms with E-state index in [9.17, 15) is 17.2 Å². The zero-order valence-electron chi connectivity index (χ0n) is 14.2. The maximum atomic E-state index is 12.5. The molecule has 0 saturated heterocycles. The van der Waals surface area contributed by atoms with Gasteiger partial charge in [-0.3, -0.25) is 4.98 Å². The van der Waals surface area contributed by atoms with E-state index in [0.717, 1.165) is 5.69 Å². The second-order valence-electron chi connectivity index (χ2n) is 6.57. The summed E-state index contributed by atoms with van der Waals surface area (Å²) in [6.45, 7) is 0.739. The number of nitrogens with zero attached hydrogens (tertiary/aromatic N) is 1. The zero-order chi connectivity index (χ0) is 18.4. The van der Waals surface area contributed by atoms with E-state index in [1.165, 1.54) is 18.4 Å². The van der Waals surface area contributed by atoms with Gasteiger partial charge in [0.25, 0.3) is 0 Å². The third-order valence-corrected chi connectivity index (χ3v) is 7.01. The molecule has 5 nitrogen and oxygen atoms in total. The summed E-state index contributed by atoms with van der Waals surface area (Å²) in [5.41, 5.74) is 2.03. The van der Waals surface area contributed by atoms with Crippen molar-refractivity contribution < 1.29 is 21.9 Å². The molecule has 1 aliphatic carbocycles. The van der Waals surface area contributed by atoms with E-state index in [-0.39, 0.29) is 11.8 Å². The summed E-state index contributed by atoms with van der Waals surface area (Å²) in [5.74, 6) is 0.0353. The number of fused-ring (bicyclic) bond motifs is 1. The summed E-state index contributed by atoms with van der Waals surface area (Å²) in [5, 5.41) is 3.86. The van der Waals surface area contributed by atoms with Gasteiger partial charge in [0.1, 0.15) is 5.75 Å². The number of alkyl halides is 2. The van der Waals surface area contributed by atoms with Gasteiger partial charge in [0.05, 0.1) is 10.3 Å². The van der Waals surface area contributed by atoms with E-state index >= 15 is 0 Å². The minimum absolute atomic E-state index is 0.0353. The SMILES string of the molecule is Cc1cc(N[C@@H](C)C2(S(C)(=O)=O)CC2)c2cc(OC(F)F)ccc2n1. The summed E-state index contributed by atoms with van der Waals surface area (Å²) < 4.78 is 52.8. The second-order valence-corrected chi connectivity index (χ2v) is 8.93. The van der Waals surface area contributed by atoms with E-state index in [1.54, 1.807) is 12.1 Å². The van der Waals surface area contributed by atoms with Gasteiger partial charge in [0.2, 0.25) is 0 Å². The van der Waals surface area contributed by atoms with Crippen LogP contribution in [0, 0.1) is 6.92 Å². The Morgan fingerprint density at radius 2 is 1.96 bits per heavy atom. The minimum Gasteiger partial charge on any atom is -0.435 e. The number of hydrogen-bond donors (Lipinski definition) is 1. The highest BCUT2D eigenvalue weighted by molar-refractivity contribution is 7.92. The van der Waals surface area contributed by atoms with E-state index < -0.39 is 21.2 Å². The molecule has 3 rings (SSSR count). The zero-order valence-corrected chi connectivity index (χ0v) is 15.0. The highest BCUT2D eigenvalue weighted by atomic mass is 32.2. The van der Waals surface area contributed by atoms with Crippen LogP contribution >= 0.6 is 0 Å². The molecule has 2 aromatic rings. The van der Waals surface area contributed by atoms with Crippen molar-refractivity contribution in [2.45, 2.75) is 44.1 Å². The van der Waals surface area contributed by atoms with E-state index in [2.05, 4.69) is 15.0 Å². The fraction of sp³-hybridized carbons (Fsp3) is 0.471. The van der Waals surface area contributed by atoms with Crippen LogP contribution in [0.4, 0.5) is 14.5 Å².